The molecule has 3 unspecified atom stereocenters. The van der Waals surface area contributed by atoms with Gasteiger partial charge in [0.05, 0.1) is 36.7 Å². The summed E-state index contributed by atoms with van der Waals surface area (Å²) in [7, 11) is 1.34. The Labute approximate surface area is 158 Å². The van der Waals surface area contributed by atoms with Crippen LogP contribution in [0.25, 0.3) is 5.57 Å². The smallest absolute Gasteiger partial charge is 0.330 e. The molecule has 1 aliphatic carbocycles. The summed E-state index contributed by atoms with van der Waals surface area (Å²) < 4.78 is 10.7. The summed E-state index contributed by atoms with van der Waals surface area (Å²) in [6, 6.07) is 4.08. The first-order chi connectivity index (χ1) is 12.8. The molecule has 4 rings (SSSR count). The van der Waals surface area contributed by atoms with Crippen LogP contribution < -0.4 is 0 Å². The van der Waals surface area contributed by atoms with Crippen molar-refractivity contribution in [2.24, 2.45) is 17.8 Å². The van der Waals surface area contributed by atoms with Crippen molar-refractivity contribution >= 4 is 17.3 Å². The summed E-state index contributed by atoms with van der Waals surface area (Å²) in [5.74, 6) is -0.959. The Morgan fingerprint density at radius 1 is 1.22 bits per heavy atom. The van der Waals surface area contributed by atoms with Gasteiger partial charge in [-0.2, -0.15) is 0 Å². The summed E-state index contributed by atoms with van der Waals surface area (Å²) in [4.78, 5) is 24.6. The number of carbonyl (C=O) groups is 2. The van der Waals surface area contributed by atoms with Crippen molar-refractivity contribution in [2.75, 3.05) is 7.11 Å². The number of rotatable bonds is 3. The van der Waals surface area contributed by atoms with Gasteiger partial charge in [0.1, 0.15) is 5.76 Å². The van der Waals surface area contributed by atoms with Crippen LogP contribution in [0.1, 0.15) is 28.7 Å². The maximum atomic E-state index is 13.2. The number of fused-ring (bicyclic) bond motifs is 5. The van der Waals surface area contributed by atoms with Gasteiger partial charge in [-0.25, -0.2) is 4.79 Å². The summed E-state index contributed by atoms with van der Waals surface area (Å²) >= 11 is 0. The number of ether oxygens (including phenoxy) is 2. The third kappa shape index (κ3) is 2.64. The van der Waals surface area contributed by atoms with Crippen molar-refractivity contribution in [1.82, 2.24) is 0 Å². The largest absolute Gasteiger partial charge is 0.511 e. The number of esters is 1. The van der Waals surface area contributed by atoms with Crippen molar-refractivity contribution in [3.8, 4) is 0 Å². The zero-order chi connectivity index (χ0) is 19.5. The average Bonchev–Trinajstić information content (AvgIpc) is 3.25. The van der Waals surface area contributed by atoms with Gasteiger partial charge in [0.2, 0.25) is 0 Å². The predicted octanol–water partition coefficient (Wildman–Crippen LogP) is 3.21. The standard InChI is InChI=1S/C22H24O5/c1-10-7-11(2)16(12(3)8-10)18-20(24)17-14-9-13(5-6-15(23)26-4)22(27-14)19(17)21(18)25/h5-8,13-14,17,19,22,25H,9H2,1-4H3/b6-5+/t13?,14?,17-,19+,22?/m0/s1. The van der Waals surface area contributed by atoms with Crippen LogP contribution in [0.4, 0.5) is 0 Å². The van der Waals surface area contributed by atoms with Gasteiger partial charge in [-0.3, -0.25) is 4.79 Å². The Morgan fingerprint density at radius 3 is 2.52 bits per heavy atom. The minimum atomic E-state index is -0.414. The normalized spacial score (nSPS) is 31.9. The Hall–Kier alpha value is -2.40. The number of aliphatic hydroxyl groups is 1. The lowest BCUT2D eigenvalue weighted by Gasteiger charge is -2.25. The van der Waals surface area contributed by atoms with Gasteiger partial charge in [-0.1, -0.05) is 23.8 Å². The van der Waals surface area contributed by atoms with E-state index in [9.17, 15) is 14.7 Å². The quantitative estimate of drug-likeness (QED) is 0.655. The molecule has 2 aliphatic heterocycles. The number of aliphatic hydroxyl groups excluding tert-OH is 1. The van der Waals surface area contributed by atoms with Crippen LogP contribution >= 0.6 is 0 Å². The zero-order valence-corrected chi connectivity index (χ0v) is 16.0. The lowest BCUT2D eigenvalue weighted by Crippen LogP contribution is -2.33. The summed E-state index contributed by atoms with van der Waals surface area (Å²) in [6.07, 6.45) is 3.36. The molecule has 2 fully saturated rings. The lowest BCUT2D eigenvalue weighted by molar-refractivity contribution is -0.134. The van der Waals surface area contributed by atoms with Crippen molar-refractivity contribution in [2.45, 2.75) is 39.4 Å². The fraction of sp³-hybridized carbons (Fsp3) is 0.455. The molecule has 142 valence electrons. The second-order valence-electron chi connectivity index (χ2n) is 7.87. The molecule has 2 heterocycles. The van der Waals surface area contributed by atoms with E-state index in [1.807, 2.05) is 32.9 Å². The third-order valence-corrected chi connectivity index (χ3v) is 6.13. The number of hydrogen-bond donors (Lipinski definition) is 1. The monoisotopic (exact) mass is 368 g/mol. The van der Waals surface area contributed by atoms with Crippen LogP contribution in [0.5, 0.6) is 0 Å². The molecule has 0 saturated carbocycles. The highest BCUT2D eigenvalue weighted by Crippen LogP contribution is 2.56. The third-order valence-electron chi connectivity index (χ3n) is 6.13. The van der Waals surface area contributed by atoms with E-state index in [0.29, 0.717) is 12.0 Å². The van der Waals surface area contributed by atoms with Gasteiger partial charge in [-0.15, -0.1) is 0 Å². The van der Waals surface area contributed by atoms with Crippen molar-refractivity contribution in [1.29, 1.82) is 0 Å². The van der Waals surface area contributed by atoms with Gasteiger partial charge in [0, 0.05) is 12.0 Å². The van der Waals surface area contributed by atoms with E-state index >= 15 is 0 Å². The first-order valence-electron chi connectivity index (χ1n) is 9.30. The Morgan fingerprint density at radius 2 is 1.89 bits per heavy atom. The van der Waals surface area contributed by atoms with E-state index in [2.05, 4.69) is 4.74 Å². The number of Topliss-reactive ketones (excluding diaryl/α,β-unsaturated/α-hetero) is 1. The number of ketones is 1. The molecular weight excluding hydrogens is 344 g/mol. The number of methoxy groups -OCH3 is 1. The Balaban J connectivity index is 1.71. The predicted molar refractivity (Wildman–Crippen MR) is 100 cm³/mol. The fourth-order valence-electron chi connectivity index (χ4n) is 5.18. The van der Waals surface area contributed by atoms with Crippen LogP contribution in [-0.2, 0) is 19.1 Å². The maximum absolute atomic E-state index is 13.2. The van der Waals surface area contributed by atoms with Gasteiger partial charge in [0.25, 0.3) is 0 Å². The number of hydrogen-bond acceptors (Lipinski definition) is 5. The van der Waals surface area contributed by atoms with Crippen LogP contribution in [0.2, 0.25) is 0 Å². The van der Waals surface area contributed by atoms with Crippen LogP contribution in [-0.4, -0.2) is 36.2 Å². The van der Waals surface area contributed by atoms with E-state index in [0.717, 1.165) is 22.3 Å². The topological polar surface area (TPSA) is 72.8 Å². The van der Waals surface area contributed by atoms with Gasteiger partial charge < -0.3 is 14.6 Å². The molecule has 5 nitrogen and oxygen atoms in total. The second-order valence-corrected chi connectivity index (χ2v) is 7.87. The SMILES string of the molecule is COC(=O)/C=C/C1CC2OC1[C@H]1C(O)=C(c3c(C)cc(C)cc3C)C(=O)[C@@H]21. The van der Waals surface area contributed by atoms with Gasteiger partial charge in [0.15, 0.2) is 5.78 Å². The van der Waals surface area contributed by atoms with Gasteiger partial charge in [-0.05, 0) is 43.9 Å². The Bertz CT molecular complexity index is 871. The molecule has 0 spiro atoms. The molecule has 0 radical (unpaired) electrons. The minimum Gasteiger partial charge on any atom is -0.511 e. The molecule has 0 amide bonds. The Kier molecular flexibility index (Phi) is 4.22. The molecular formula is C22H24O5. The highest BCUT2D eigenvalue weighted by Gasteiger charge is 2.62. The molecule has 1 aromatic rings. The molecule has 5 atom stereocenters. The summed E-state index contributed by atoms with van der Waals surface area (Å²) in [6.45, 7) is 5.98. The first kappa shape index (κ1) is 18.0. The van der Waals surface area contributed by atoms with Crippen molar-refractivity contribution in [3.05, 3.63) is 52.3 Å². The number of allylic oxidation sites excluding steroid dienone is 1. The van der Waals surface area contributed by atoms with Crippen molar-refractivity contribution < 1.29 is 24.2 Å². The van der Waals surface area contributed by atoms with Crippen LogP contribution in [0, 0.1) is 38.5 Å². The highest BCUT2D eigenvalue weighted by atomic mass is 16.5. The van der Waals surface area contributed by atoms with Gasteiger partial charge >= 0.3 is 5.97 Å². The number of aryl methyl sites for hydroxylation is 3. The molecule has 2 saturated heterocycles. The highest BCUT2D eigenvalue weighted by molar-refractivity contribution is 6.26. The van der Waals surface area contributed by atoms with E-state index in [1.54, 1.807) is 6.08 Å². The lowest BCUT2D eigenvalue weighted by atomic mass is 9.74. The fourth-order valence-corrected chi connectivity index (χ4v) is 5.18. The van der Waals surface area contributed by atoms with Crippen LogP contribution in [0.15, 0.2) is 30.0 Å². The molecule has 27 heavy (non-hydrogen) atoms. The molecule has 0 aromatic heterocycles. The maximum Gasteiger partial charge on any atom is 0.330 e. The number of carbonyl (C=O) groups excluding carboxylic acids is 2. The summed E-state index contributed by atoms with van der Waals surface area (Å²) in [5, 5.41) is 11.0. The zero-order valence-electron chi connectivity index (χ0n) is 16.0. The van der Waals surface area contributed by atoms with E-state index in [-0.39, 0.29) is 41.5 Å². The molecule has 2 bridgehead atoms. The number of benzene rings is 1. The second kappa shape index (κ2) is 6.34. The first-order valence-corrected chi connectivity index (χ1v) is 9.30. The van der Waals surface area contributed by atoms with Crippen molar-refractivity contribution in [3.63, 3.8) is 0 Å². The average molecular weight is 368 g/mol. The molecule has 1 aromatic carbocycles. The minimum absolute atomic E-state index is 0.00939. The molecule has 1 N–H and O–H groups in total. The van der Waals surface area contributed by atoms with E-state index in [1.165, 1.54) is 13.2 Å². The van der Waals surface area contributed by atoms with E-state index in [4.69, 9.17) is 4.74 Å². The molecule has 5 heteroatoms. The van der Waals surface area contributed by atoms with E-state index < -0.39 is 5.97 Å². The molecule has 3 aliphatic rings. The summed E-state index contributed by atoms with van der Waals surface area (Å²) in [5.41, 5.74) is 4.43. The van der Waals surface area contributed by atoms with Crippen LogP contribution in [0.3, 0.4) is 0 Å².